The molecule has 0 atom stereocenters. The molecule has 0 bridgehead atoms. The molecule has 1 aromatic carbocycles. The Morgan fingerprint density at radius 3 is 2.53 bits per heavy atom. The van der Waals surface area contributed by atoms with E-state index in [-0.39, 0.29) is 0 Å². The molecule has 0 saturated carbocycles. The van der Waals surface area contributed by atoms with Crippen molar-refractivity contribution in [2.24, 2.45) is 0 Å². The predicted octanol–water partition coefficient (Wildman–Crippen LogP) is 4.38. The largest absolute Gasteiger partial charge is 0.310 e. The van der Waals surface area contributed by atoms with Gasteiger partial charge in [0.25, 0.3) is 0 Å². The smallest absolute Gasteiger partial charge is 0.0551 e. The van der Waals surface area contributed by atoms with Gasteiger partial charge in [-0.3, -0.25) is 0 Å². The standard InChI is InChI=1S/C12H17BrClN/c1-3-10(4-2)15-8-9-5-6-11(13)12(14)7-9/h5-7,10,15H,3-4,8H2,1-2H3. The van der Waals surface area contributed by atoms with Crippen LogP contribution in [-0.2, 0) is 6.54 Å². The molecule has 0 saturated heterocycles. The zero-order chi connectivity index (χ0) is 11.3. The first kappa shape index (κ1) is 13.0. The molecular formula is C12H17BrClN. The van der Waals surface area contributed by atoms with Gasteiger partial charge in [-0.2, -0.15) is 0 Å². The van der Waals surface area contributed by atoms with Crippen LogP contribution in [0.2, 0.25) is 5.02 Å². The third-order valence-electron chi connectivity index (χ3n) is 2.56. The molecule has 0 aliphatic rings. The SMILES string of the molecule is CCC(CC)NCc1ccc(Br)c(Cl)c1. The number of hydrogen-bond acceptors (Lipinski definition) is 1. The van der Waals surface area contributed by atoms with E-state index in [1.165, 1.54) is 18.4 Å². The van der Waals surface area contributed by atoms with E-state index in [9.17, 15) is 0 Å². The second-order valence-corrected chi connectivity index (χ2v) is 4.90. The van der Waals surface area contributed by atoms with Crippen LogP contribution in [0.5, 0.6) is 0 Å². The van der Waals surface area contributed by atoms with Gasteiger partial charge in [-0.1, -0.05) is 31.5 Å². The third kappa shape index (κ3) is 4.13. The maximum Gasteiger partial charge on any atom is 0.0551 e. The minimum atomic E-state index is 0.604. The van der Waals surface area contributed by atoms with Crippen molar-refractivity contribution in [2.45, 2.75) is 39.3 Å². The van der Waals surface area contributed by atoms with Crippen molar-refractivity contribution in [2.75, 3.05) is 0 Å². The van der Waals surface area contributed by atoms with Crippen LogP contribution in [0.3, 0.4) is 0 Å². The normalized spacial score (nSPS) is 11.0. The van der Waals surface area contributed by atoms with Crippen LogP contribution >= 0.6 is 27.5 Å². The second-order valence-electron chi connectivity index (χ2n) is 3.64. The second kappa shape index (κ2) is 6.51. The Hall–Kier alpha value is -0.0500. The van der Waals surface area contributed by atoms with Crippen molar-refractivity contribution in [3.63, 3.8) is 0 Å². The van der Waals surface area contributed by atoms with E-state index < -0.39 is 0 Å². The molecule has 0 heterocycles. The zero-order valence-electron chi connectivity index (χ0n) is 9.19. The minimum absolute atomic E-state index is 0.604. The molecule has 1 N–H and O–H groups in total. The predicted molar refractivity (Wildman–Crippen MR) is 70.4 cm³/mol. The highest BCUT2D eigenvalue weighted by Gasteiger charge is 2.03. The molecule has 0 spiro atoms. The van der Waals surface area contributed by atoms with Crippen molar-refractivity contribution < 1.29 is 0 Å². The number of nitrogens with one attached hydrogen (secondary N) is 1. The maximum absolute atomic E-state index is 6.02. The van der Waals surface area contributed by atoms with Crippen LogP contribution < -0.4 is 5.32 Å². The summed E-state index contributed by atoms with van der Waals surface area (Å²) >= 11 is 9.41. The minimum Gasteiger partial charge on any atom is -0.310 e. The van der Waals surface area contributed by atoms with Gasteiger partial charge in [0.05, 0.1) is 5.02 Å². The van der Waals surface area contributed by atoms with E-state index in [2.05, 4.69) is 41.2 Å². The molecule has 0 fully saturated rings. The molecule has 1 aromatic rings. The molecule has 1 rings (SSSR count). The summed E-state index contributed by atoms with van der Waals surface area (Å²) in [5.74, 6) is 0. The van der Waals surface area contributed by atoms with Gasteiger partial charge in [0.15, 0.2) is 0 Å². The molecule has 0 aliphatic carbocycles. The molecule has 84 valence electrons. The quantitative estimate of drug-likeness (QED) is 0.848. The monoisotopic (exact) mass is 289 g/mol. The fourth-order valence-corrected chi connectivity index (χ4v) is 1.94. The summed E-state index contributed by atoms with van der Waals surface area (Å²) in [5, 5.41) is 4.28. The Kier molecular flexibility index (Phi) is 5.65. The average molecular weight is 291 g/mol. The van der Waals surface area contributed by atoms with Gasteiger partial charge in [-0.05, 0) is 46.5 Å². The summed E-state index contributed by atoms with van der Waals surface area (Å²) in [5.41, 5.74) is 1.23. The van der Waals surface area contributed by atoms with E-state index >= 15 is 0 Å². The van der Waals surface area contributed by atoms with E-state index in [1.807, 2.05) is 12.1 Å². The summed E-state index contributed by atoms with van der Waals surface area (Å²) < 4.78 is 0.954. The third-order valence-corrected chi connectivity index (χ3v) is 3.80. The first-order chi connectivity index (χ1) is 7.17. The Balaban J connectivity index is 2.54. The van der Waals surface area contributed by atoms with E-state index in [0.29, 0.717) is 6.04 Å². The highest BCUT2D eigenvalue weighted by molar-refractivity contribution is 9.10. The molecule has 3 heteroatoms. The molecule has 0 aromatic heterocycles. The molecular weight excluding hydrogens is 273 g/mol. The summed E-state index contributed by atoms with van der Waals surface area (Å²) in [6.07, 6.45) is 2.33. The van der Waals surface area contributed by atoms with Gasteiger partial charge < -0.3 is 5.32 Å². The topological polar surface area (TPSA) is 12.0 Å². The average Bonchev–Trinajstić information content (AvgIpc) is 2.24. The molecule has 0 aliphatic heterocycles. The Bertz CT molecular complexity index is 310. The fraction of sp³-hybridized carbons (Fsp3) is 0.500. The van der Waals surface area contributed by atoms with Gasteiger partial charge in [0, 0.05) is 17.1 Å². The van der Waals surface area contributed by atoms with Crippen molar-refractivity contribution in [3.05, 3.63) is 33.3 Å². The van der Waals surface area contributed by atoms with Crippen LogP contribution in [0, 0.1) is 0 Å². The van der Waals surface area contributed by atoms with Gasteiger partial charge in [-0.15, -0.1) is 0 Å². The first-order valence-electron chi connectivity index (χ1n) is 5.34. The lowest BCUT2D eigenvalue weighted by atomic mass is 10.1. The van der Waals surface area contributed by atoms with Crippen LogP contribution in [0.15, 0.2) is 22.7 Å². The highest BCUT2D eigenvalue weighted by atomic mass is 79.9. The van der Waals surface area contributed by atoms with Gasteiger partial charge in [0.2, 0.25) is 0 Å². The van der Waals surface area contributed by atoms with Gasteiger partial charge in [-0.25, -0.2) is 0 Å². The van der Waals surface area contributed by atoms with E-state index in [4.69, 9.17) is 11.6 Å². The van der Waals surface area contributed by atoms with Crippen molar-refractivity contribution >= 4 is 27.5 Å². The van der Waals surface area contributed by atoms with Crippen LogP contribution in [0.25, 0.3) is 0 Å². The lowest BCUT2D eigenvalue weighted by Crippen LogP contribution is -2.26. The fourth-order valence-electron chi connectivity index (χ4n) is 1.49. The van der Waals surface area contributed by atoms with Crippen LogP contribution in [0.1, 0.15) is 32.3 Å². The lowest BCUT2D eigenvalue weighted by Gasteiger charge is -2.14. The van der Waals surface area contributed by atoms with E-state index in [1.54, 1.807) is 0 Å². The van der Waals surface area contributed by atoms with Crippen LogP contribution in [0.4, 0.5) is 0 Å². The Labute approximate surface area is 105 Å². The molecule has 0 amide bonds. The first-order valence-corrected chi connectivity index (χ1v) is 6.51. The number of hydrogen-bond donors (Lipinski definition) is 1. The maximum atomic E-state index is 6.02. The van der Waals surface area contributed by atoms with Crippen LogP contribution in [-0.4, -0.2) is 6.04 Å². The molecule has 1 nitrogen and oxygen atoms in total. The summed E-state index contributed by atoms with van der Waals surface area (Å²) in [4.78, 5) is 0. The van der Waals surface area contributed by atoms with Gasteiger partial charge >= 0.3 is 0 Å². The van der Waals surface area contributed by atoms with E-state index in [0.717, 1.165) is 16.0 Å². The zero-order valence-corrected chi connectivity index (χ0v) is 11.5. The summed E-state index contributed by atoms with van der Waals surface area (Å²) in [6, 6.07) is 6.69. The van der Waals surface area contributed by atoms with Crippen molar-refractivity contribution in [1.82, 2.24) is 5.32 Å². The molecule has 0 radical (unpaired) electrons. The van der Waals surface area contributed by atoms with Gasteiger partial charge in [0.1, 0.15) is 0 Å². The number of benzene rings is 1. The highest BCUT2D eigenvalue weighted by Crippen LogP contribution is 2.23. The Morgan fingerprint density at radius 2 is 2.00 bits per heavy atom. The number of rotatable bonds is 5. The molecule has 15 heavy (non-hydrogen) atoms. The lowest BCUT2D eigenvalue weighted by molar-refractivity contribution is 0.484. The molecule has 0 unspecified atom stereocenters. The summed E-state index contributed by atoms with van der Waals surface area (Å²) in [7, 11) is 0. The van der Waals surface area contributed by atoms with Crippen molar-refractivity contribution in [1.29, 1.82) is 0 Å². The van der Waals surface area contributed by atoms with Crippen molar-refractivity contribution in [3.8, 4) is 0 Å². The summed E-state index contributed by atoms with van der Waals surface area (Å²) in [6.45, 7) is 5.30. The Morgan fingerprint density at radius 1 is 1.33 bits per heavy atom. The number of halogens is 2.